The van der Waals surface area contributed by atoms with Gasteiger partial charge in [-0.2, -0.15) is 0 Å². The van der Waals surface area contributed by atoms with Crippen molar-refractivity contribution in [1.29, 1.82) is 0 Å². The Morgan fingerprint density at radius 2 is 1.37 bits per heavy atom. The van der Waals surface area contributed by atoms with Crippen LogP contribution in [-0.4, -0.2) is 25.2 Å². The van der Waals surface area contributed by atoms with E-state index in [1.165, 1.54) is 22.4 Å². The van der Waals surface area contributed by atoms with Crippen molar-refractivity contribution in [3.8, 4) is 17.1 Å². The number of nitrogens with zero attached hydrogens (tertiary/aromatic N) is 2. The van der Waals surface area contributed by atoms with Crippen molar-refractivity contribution in [2.45, 2.75) is 65.5 Å². The zero-order valence-electron chi connectivity index (χ0n) is 26.0. The van der Waals surface area contributed by atoms with Gasteiger partial charge in [0.05, 0.1) is 22.3 Å². The van der Waals surface area contributed by atoms with E-state index in [9.17, 15) is 0 Å². The second-order valence-corrected chi connectivity index (χ2v) is 13.7. The lowest BCUT2D eigenvalue weighted by Crippen LogP contribution is -2.41. The molecule has 0 unspecified atom stereocenters. The summed E-state index contributed by atoms with van der Waals surface area (Å²) in [6.45, 7) is 16.3. The summed E-state index contributed by atoms with van der Waals surface area (Å²) in [6, 6.07) is 28.2. The maximum Gasteiger partial charge on any atom is 0.149 e. The normalized spacial score (nSPS) is 12.9. The second kappa shape index (κ2) is 9.69. The highest BCUT2D eigenvalue weighted by atomic mass is 16.3. The van der Waals surface area contributed by atoms with Gasteiger partial charge in [0.1, 0.15) is 32.7 Å². The number of hydrogen-bond donors (Lipinski definition) is 0. The third-order valence-corrected chi connectivity index (χ3v) is 9.44. The van der Waals surface area contributed by atoms with Crippen molar-refractivity contribution < 1.29 is 4.42 Å². The fraction of sp³-hybridized carbons (Fsp3) is 0.306. The van der Waals surface area contributed by atoms with Crippen LogP contribution < -0.4 is 0 Å². The first-order valence-corrected chi connectivity index (χ1v) is 15.0. The van der Waals surface area contributed by atoms with E-state index in [-0.39, 0.29) is 10.6 Å². The molecule has 0 aliphatic rings. The first-order valence-electron chi connectivity index (χ1n) is 15.0. The van der Waals surface area contributed by atoms with Gasteiger partial charge in [-0.25, -0.2) is 4.98 Å². The Bertz CT molecular complexity index is 1890. The van der Waals surface area contributed by atoms with Crippen LogP contribution in [0.3, 0.4) is 0 Å². The molecule has 0 spiro atoms. The molecular formula is C36H40B2N2O. The Hall–Kier alpha value is -3.72. The smallest absolute Gasteiger partial charge is 0.149 e. The molecule has 2 aromatic heterocycles. The highest BCUT2D eigenvalue weighted by Gasteiger charge is 2.36. The lowest BCUT2D eigenvalue weighted by molar-refractivity contribution is 0.358. The van der Waals surface area contributed by atoms with Gasteiger partial charge in [-0.15, -0.1) is 0 Å². The van der Waals surface area contributed by atoms with Gasteiger partial charge in [-0.1, -0.05) is 114 Å². The highest BCUT2D eigenvalue weighted by molar-refractivity contribution is 6.40. The van der Waals surface area contributed by atoms with E-state index in [2.05, 4.69) is 135 Å². The van der Waals surface area contributed by atoms with Gasteiger partial charge in [0, 0.05) is 10.8 Å². The van der Waals surface area contributed by atoms with E-state index in [4.69, 9.17) is 9.40 Å². The van der Waals surface area contributed by atoms with E-state index < -0.39 is 0 Å². The standard InChI is InChI=1S/C36H40B2N2O/c1-21(2)27-19-23(36(37,38)35(5,6)7)20-28(22(3)4)32(27)40-30-17-10-9-16-29(30)39-34(40)26-15-12-14-25-24-13-8-11-18-31(24)41-33(25)26/h8-22H,37-38H2,1-7H3. The van der Waals surface area contributed by atoms with Gasteiger partial charge < -0.3 is 4.42 Å². The van der Waals surface area contributed by atoms with Gasteiger partial charge in [0.2, 0.25) is 0 Å². The van der Waals surface area contributed by atoms with Gasteiger partial charge in [0.25, 0.3) is 0 Å². The summed E-state index contributed by atoms with van der Waals surface area (Å²) in [5.41, 5.74) is 10.4. The molecule has 2 heterocycles. The minimum atomic E-state index is -0.00147. The molecule has 3 nitrogen and oxygen atoms in total. The number of hydrogen-bond acceptors (Lipinski definition) is 2. The van der Waals surface area contributed by atoms with Gasteiger partial charge in [-0.3, -0.25) is 4.57 Å². The molecule has 5 heteroatoms. The minimum Gasteiger partial charge on any atom is -0.455 e. The third-order valence-electron chi connectivity index (χ3n) is 9.44. The van der Waals surface area contributed by atoms with E-state index in [1.54, 1.807) is 0 Å². The Morgan fingerprint density at radius 1 is 0.756 bits per heavy atom. The minimum absolute atomic E-state index is 0.00147. The molecule has 6 rings (SSSR count). The number of benzene rings is 4. The molecular weight excluding hydrogens is 498 g/mol. The number of rotatable bonds is 5. The second-order valence-electron chi connectivity index (χ2n) is 13.7. The molecule has 206 valence electrons. The Labute approximate surface area is 245 Å². The zero-order chi connectivity index (χ0) is 29.3. The largest absolute Gasteiger partial charge is 0.455 e. The van der Waals surface area contributed by atoms with Crippen LogP contribution in [0.4, 0.5) is 0 Å². The fourth-order valence-electron chi connectivity index (χ4n) is 5.97. The van der Waals surface area contributed by atoms with Gasteiger partial charge in [0.15, 0.2) is 0 Å². The summed E-state index contributed by atoms with van der Waals surface area (Å²) >= 11 is 0. The predicted molar refractivity (Wildman–Crippen MR) is 180 cm³/mol. The van der Waals surface area contributed by atoms with Crippen molar-refractivity contribution in [2.75, 3.05) is 0 Å². The molecule has 41 heavy (non-hydrogen) atoms. The van der Waals surface area contributed by atoms with Crippen LogP contribution in [0.25, 0.3) is 50.0 Å². The van der Waals surface area contributed by atoms with Crippen molar-refractivity contribution in [3.05, 3.63) is 95.6 Å². The summed E-state index contributed by atoms with van der Waals surface area (Å²) in [7, 11) is 4.77. The monoisotopic (exact) mass is 538 g/mol. The third kappa shape index (κ3) is 4.33. The van der Waals surface area contributed by atoms with E-state index in [1.807, 2.05) is 12.1 Å². The molecule has 0 aliphatic carbocycles. The maximum absolute atomic E-state index is 6.53. The predicted octanol–water partition coefficient (Wildman–Crippen LogP) is 8.30. The number of para-hydroxylation sites is 4. The molecule has 0 amide bonds. The molecule has 0 radical (unpaired) electrons. The molecule has 0 N–H and O–H groups in total. The van der Waals surface area contributed by atoms with Crippen LogP contribution in [0.5, 0.6) is 0 Å². The highest BCUT2D eigenvalue weighted by Crippen LogP contribution is 2.44. The van der Waals surface area contributed by atoms with Gasteiger partial charge in [-0.05, 0) is 52.6 Å². The number of fused-ring (bicyclic) bond motifs is 4. The van der Waals surface area contributed by atoms with E-state index in [0.717, 1.165) is 44.4 Å². The number of aromatic nitrogens is 2. The number of imidazole rings is 1. The summed E-state index contributed by atoms with van der Waals surface area (Å²) in [4.78, 5) is 5.29. The SMILES string of the molecule is BC(B)(c1cc(C(C)C)c(-n2c(-c3cccc4c3oc3ccccc34)nc3ccccc32)c(C(C)C)c1)C(C)(C)C. The average molecular weight is 538 g/mol. The van der Waals surface area contributed by atoms with Crippen LogP contribution in [0.2, 0.25) is 0 Å². The first-order chi connectivity index (χ1) is 19.4. The maximum atomic E-state index is 6.53. The molecule has 0 aliphatic heterocycles. The first kappa shape index (κ1) is 27.4. The summed E-state index contributed by atoms with van der Waals surface area (Å²) in [5, 5.41) is 2.25. The van der Waals surface area contributed by atoms with Crippen LogP contribution in [0, 0.1) is 5.41 Å². The van der Waals surface area contributed by atoms with Crippen molar-refractivity contribution in [3.63, 3.8) is 0 Å². The number of furan rings is 1. The van der Waals surface area contributed by atoms with Crippen LogP contribution in [0.15, 0.2) is 83.3 Å². The Kier molecular flexibility index (Phi) is 6.48. The molecule has 4 aromatic carbocycles. The fourth-order valence-corrected chi connectivity index (χ4v) is 5.97. The van der Waals surface area contributed by atoms with E-state index >= 15 is 0 Å². The zero-order valence-corrected chi connectivity index (χ0v) is 26.0. The summed E-state index contributed by atoms with van der Waals surface area (Å²) in [6.07, 6.45) is 0. The quantitative estimate of drug-likeness (QED) is 0.207. The molecule has 0 fully saturated rings. The average Bonchev–Trinajstić information content (AvgIpc) is 3.50. The van der Waals surface area contributed by atoms with Crippen LogP contribution >= 0.6 is 0 Å². The molecule has 0 saturated heterocycles. The van der Waals surface area contributed by atoms with Crippen molar-refractivity contribution >= 4 is 48.7 Å². The van der Waals surface area contributed by atoms with Crippen molar-refractivity contribution in [2.24, 2.45) is 5.41 Å². The Morgan fingerprint density at radius 3 is 2.02 bits per heavy atom. The van der Waals surface area contributed by atoms with Crippen LogP contribution in [0.1, 0.15) is 77.0 Å². The van der Waals surface area contributed by atoms with Crippen molar-refractivity contribution in [1.82, 2.24) is 9.55 Å². The topological polar surface area (TPSA) is 31.0 Å². The lowest BCUT2D eigenvalue weighted by atomic mass is 9.40. The summed E-state index contributed by atoms with van der Waals surface area (Å²) in [5.74, 6) is 1.57. The summed E-state index contributed by atoms with van der Waals surface area (Å²) < 4.78 is 8.94. The molecule has 6 aromatic rings. The van der Waals surface area contributed by atoms with Crippen LogP contribution in [-0.2, 0) is 5.21 Å². The van der Waals surface area contributed by atoms with E-state index in [0.29, 0.717) is 11.8 Å². The Balaban J connectivity index is 1.74. The molecule has 0 bridgehead atoms. The van der Waals surface area contributed by atoms with Gasteiger partial charge >= 0.3 is 0 Å². The molecule has 0 saturated carbocycles. The lowest BCUT2D eigenvalue weighted by Gasteiger charge is -2.41. The molecule has 0 atom stereocenters.